The number of para-hydroxylation sites is 1. The predicted octanol–water partition coefficient (Wildman–Crippen LogP) is 3.94. The molecule has 3 nitrogen and oxygen atoms in total. The molecule has 0 N–H and O–H groups in total. The minimum atomic E-state index is -0.0306. The molecular formula is C17H16ClNO2. The zero-order chi connectivity index (χ0) is 15.0. The third-order valence-corrected chi connectivity index (χ3v) is 4.12. The van der Waals surface area contributed by atoms with Gasteiger partial charge in [-0.3, -0.25) is 4.79 Å². The molecule has 0 radical (unpaired) electrons. The summed E-state index contributed by atoms with van der Waals surface area (Å²) in [6.45, 7) is 2.06. The zero-order valence-electron chi connectivity index (χ0n) is 12.0. The van der Waals surface area contributed by atoms with E-state index in [9.17, 15) is 4.79 Å². The lowest BCUT2D eigenvalue weighted by Gasteiger charge is -2.23. The minimum absolute atomic E-state index is 0.0306. The van der Waals surface area contributed by atoms with Gasteiger partial charge in [0, 0.05) is 17.3 Å². The molecule has 0 bridgehead atoms. The van der Waals surface area contributed by atoms with E-state index in [1.807, 2.05) is 23.1 Å². The van der Waals surface area contributed by atoms with Gasteiger partial charge in [-0.2, -0.15) is 0 Å². The van der Waals surface area contributed by atoms with E-state index in [0.29, 0.717) is 16.3 Å². The van der Waals surface area contributed by atoms with Gasteiger partial charge in [-0.05, 0) is 43.2 Å². The largest absolute Gasteiger partial charge is 0.495 e. The Morgan fingerprint density at radius 1 is 1.29 bits per heavy atom. The van der Waals surface area contributed by atoms with Crippen LogP contribution >= 0.6 is 11.6 Å². The molecule has 0 fully saturated rings. The number of carbonyl (C=O) groups is 1. The van der Waals surface area contributed by atoms with Gasteiger partial charge in [0.05, 0.1) is 12.1 Å². The van der Waals surface area contributed by atoms with Gasteiger partial charge in [0.2, 0.25) is 0 Å². The lowest BCUT2D eigenvalue weighted by atomic mass is 10.1. The zero-order valence-corrected chi connectivity index (χ0v) is 12.7. The van der Waals surface area contributed by atoms with Crippen LogP contribution in [0.5, 0.6) is 5.75 Å². The van der Waals surface area contributed by atoms with Crippen LogP contribution < -0.4 is 9.64 Å². The molecule has 21 heavy (non-hydrogen) atoms. The van der Waals surface area contributed by atoms with Gasteiger partial charge in [0.25, 0.3) is 5.91 Å². The van der Waals surface area contributed by atoms with Crippen LogP contribution in [0.15, 0.2) is 42.5 Å². The van der Waals surface area contributed by atoms with Crippen molar-refractivity contribution in [2.45, 2.75) is 19.4 Å². The normalized spacial score (nSPS) is 16.7. The third kappa shape index (κ3) is 2.38. The van der Waals surface area contributed by atoms with E-state index >= 15 is 0 Å². The van der Waals surface area contributed by atoms with Crippen molar-refractivity contribution in [1.82, 2.24) is 0 Å². The number of rotatable bonds is 2. The molecule has 1 aliphatic rings. The van der Waals surface area contributed by atoms with Crippen molar-refractivity contribution in [2.75, 3.05) is 12.0 Å². The average Bonchev–Trinajstić information content (AvgIpc) is 2.82. The summed E-state index contributed by atoms with van der Waals surface area (Å²) in [5, 5.41) is 0.448. The first-order valence-corrected chi connectivity index (χ1v) is 7.24. The van der Waals surface area contributed by atoms with Crippen molar-refractivity contribution in [1.29, 1.82) is 0 Å². The molecule has 3 rings (SSSR count). The SMILES string of the molecule is COc1ccc(C(=O)N2c3ccccc3CC2C)cc1Cl. The predicted molar refractivity (Wildman–Crippen MR) is 84.4 cm³/mol. The molecule has 0 saturated carbocycles. The van der Waals surface area contributed by atoms with Crippen molar-refractivity contribution in [2.24, 2.45) is 0 Å². The van der Waals surface area contributed by atoms with E-state index in [0.717, 1.165) is 12.1 Å². The second kappa shape index (κ2) is 5.41. The first kappa shape index (κ1) is 14.0. The van der Waals surface area contributed by atoms with Gasteiger partial charge in [-0.15, -0.1) is 0 Å². The molecule has 1 aliphatic heterocycles. The van der Waals surface area contributed by atoms with Crippen molar-refractivity contribution in [3.8, 4) is 5.75 Å². The topological polar surface area (TPSA) is 29.5 Å². The maximum Gasteiger partial charge on any atom is 0.258 e. The molecule has 2 aromatic rings. The van der Waals surface area contributed by atoms with E-state index in [2.05, 4.69) is 13.0 Å². The van der Waals surface area contributed by atoms with Crippen LogP contribution in [0.25, 0.3) is 0 Å². The van der Waals surface area contributed by atoms with Crippen LogP contribution in [0.4, 0.5) is 5.69 Å². The highest BCUT2D eigenvalue weighted by Crippen LogP contribution is 2.34. The van der Waals surface area contributed by atoms with E-state index in [4.69, 9.17) is 16.3 Å². The molecule has 1 unspecified atom stereocenters. The van der Waals surface area contributed by atoms with Crippen LogP contribution in [0.2, 0.25) is 5.02 Å². The first-order valence-electron chi connectivity index (χ1n) is 6.87. The third-order valence-electron chi connectivity index (χ3n) is 3.82. The van der Waals surface area contributed by atoms with Crippen LogP contribution in [-0.4, -0.2) is 19.1 Å². The van der Waals surface area contributed by atoms with Gasteiger partial charge >= 0.3 is 0 Å². The van der Waals surface area contributed by atoms with E-state index in [1.54, 1.807) is 25.3 Å². The summed E-state index contributed by atoms with van der Waals surface area (Å²) in [5.41, 5.74) is 2.77. The number of ether oxygens (including phenoxy) is 1. The number of carbonyl (C=O) groups excluding carboxylic acids is 1. The number of nitrogens with zero attached hydrogens (tertiary/aromatic N) is 1. The van der Waals surface area contributed by atoms with E-state index in [1.165, 1.54) is 5.56 Å². The fourth-order valence-corrected chi connectivity index (χ4v) is 3.07. The molecule has 0 saturated heterocycles. The number of benzene rings is 2. The molecule has 108 valence electrons. The molecule has 0 spiro atoms. The van der Waals surface area contributed by atoms with Gasteiger partial charge < -0.3 is 9.64 Å². The molecule has 0 aromatic heterocycles. The van der Waals surface area contributed by atoms with Crippen molar-refractivity contribution in [3.63, 3.8) is 0 Å². The second-order valence-corrected chi connectivity index (χ2v) is 5.61. The lowest BCUT2D eigenvalue weighted by molar-refractivity contribution is 0.0981. The number of amides is 1. The standard InChI is InChI=1S/C17H16ClNO2/c1-11-9-12-5-3-4-6-15(12)19(11)17(20)13-7-8-16(21-2)14(18)10-13/h3-8,10-11H,9H2,1-2H3. The van der Waals surface area contributed by atoms with Crippen LogP contribution in [-0.2, 0) is 6.42 Å². The van der Waals surface area contributed by atoms with Gasteiger partial charge in [0.1, 0.15) is 5.75 Å². The summed E-state index contributed by atoms with van der Waals surface area (Å²) in [6, 6.07) is 13.3. The molecule has 1 atom stereocenters. The number of hydrogen-bond donors (Lipinski definition) is 0. The summed E-state index contributed by atoms with van der Waals surface area (Å²) in [4.78, 5) is 14.6. The van der Waals surface area contributed by atoms with Gasteiger partial charge in [0.15, 0.2) is 0 Å². The van der Waals surface area contributed by atoms with Crippen LogP contribution in [0, 0.1) is 0 Å². The smallest absolute Gasteiger partial charge is 0.258 e. The molecule has 2 aromatic carbocycles. The number of halogens is 1. The van der Waals surface area contributed by atoms with E-state index in [-0.39, 0.29) is 11.9 Å². The Kier molecular flexibility index (Phi) is 3.60. The highest BCUT2D eigenvalue weighted by Gasteiger charge is 2.31. The molecule has 4 heteroatoms. The maximum absolute atomic E-state index is 12.8. The van der Waals surface area contributed by atoms with Crippen molar-refractivity contribution < 1.29 is 9.53 Å². The summed E-state index contributed by atoms with van der Waals surface area (Å²) in [5.74, 6) is 0.542. The van der Waals surface area contributed by atoms with Crippen LogP contribution in [0.3, 0.4) is 0 Å². The number of hydrogen-bond acceptors (Lipinski definition) is 2. The summed E-state index contributed by atoms with van der Waals surface area (Å²) < 4.78 is 5.13. The number of methoxy groups -OCH3 is 1. The average molecular weight is 302 g/mol. The Balaban J connectivity index is 1.97. The fourth-order valence-electron chi connectivity index (χ4n) is 2.81. The first-order chi connectivity index (χ1) is 10.1. The highest BCUT2D eigenvalue weighted by molar-refractivity contribution is 6.32. The monoisotopic (exact) mass is 301 g/mol. The Labute approximate surface area is 129 Å². The van der Waals surface area contributed by atoms with Gasteiger partial charge in [-0.25, -0.2) is 0 Å². The summed E-state index contributed by atoms with van der Waals surface area (Å²) in [7, 11) is 1.56. The summed E-state index contributed by atoms with van der Waals surface area (Å²) in [6.07, 6.45) is 0.881. The lowest BCUT2D eigenvalue weighted by Crippen LogP contribution is -2.35. The quantitative estimate of drug-likeness (QED) is 0.841. The van der Waals surface area contributed by atoms with Crippen molar-refractivity contribution >= 4 is 23.2 Å². The Hall–Kier alpha value is -2.00. The highest BCUT2D eigenvalue weighted by atomic mass is 35.5. The Morgan fingerprint density at radius 2 is 2.05 bits per heavy atom. The van der Waals surface area contributed by atoms with Crippen molar-refractivity contribution in [3.05, 3.63) is 58.6 Å². The molecular weight excluding hydrogens is 286 g/mol. The summed E-state index contributed by atoms with van der Waals surface area (Å²) >= 11 is 6.12. The number of anilines is 1. The minimum Gasteiger partial charge on any atom is -0.495 e. The molecule has 1 heterocycles. The van der Waals surface area contributed by atoms with Crippen LogP contribution in [0.1, 0.15) is 22.8 Å². The Morgan fingerprint density at radius 3 is 2.76 bits per heavy atom. The van der Waals surface area contributed by atoms with Gasteiger partial charge in [-0.1, -0.05) is 29.8 Å². The maximum atomic E-state index is 12.8. The Bertz CT molecular complexity index is 699. The molecule has 0 aliphatic carbocycles. The fraction of sp³-hybridized carbons (Fsp3) is 0.235. The second-order valence-electron chi connectivity index (χ2n) is 5.21. The molecule has 1 amide bonds. The number of fused-ring (bicyclic) bond motifs is 1. The van der Waals surface area contributed by atoms with E-state index < -0.39 is 0 Å².